The third kappa shape index (κ3) is 3.65. The summed E-state index contributed by atoms with van der Waals surface area (Å²) in [4.78, 5) is 4.62. The molecule has 1 aromatic rings. The first-order valence-corrected chi connectivity index (χ1v) is 8.89. The van der Waals surface area contributed by atoms with E-state index in [0.29, 0.717) is 12.0 Å². The molecule has 2 aliphatic heterocycles. The maximum atomic E-state index is 6.16. The quantitative estimate of drug-likeness (QED) is 0.928. The second-order valence-electron chi connectivity index (χ2n) is 6.35. The lowest BCUT2D eigenvalue weighted by Crippen LogP contribution is -2.49. The molecule has 0 aromatic carbocycles. The van der Waals surface area contributed by atoms with Crippen molar-refractivity contribution in [3.63, 3.8) is 0 Å². The fourth-order valence-corrected chi connectivity index (χ4v) is 4.36. The van der Waals surface area contributed by atoms with E-state index < -0.39 is 0 Å². The molecule has 1 N–H and O–H groups in total. The number of nitrogens with one attached hydrogen (secondary N) is 1. The summed E-state index contributed by atoms with van der Waals surface area (Å²) in [5.41, 5.74) is 1.30. The molecule has 2 atom stereocenters. The maximum absolute atomic E-state index is 6.16. The predicted octanol–water partition coefficient (Wildman–Crippen LogP) is 2.56. The summed E-state index contributed by atoms with van der Waals surface area (Å²) in [7, 11) is 2.08. The lowest BCUT2D eigenvalue weighted by Gasteiger charge is -2.45. The molecule has 2 saturated heterocycles. The fourth-order valence-electron chi connectivity index (χ4n) is 3.73. The largest absolute Gasteiger partial charge is 0.381 e. The van der Waals surface area contributed by atoms with E-state index >= 15 is 0 Å². The highest BCUT2D eigenvalue weighted by molar-refractivity contribution is 7.09. The van der Waals surface area contributed by atoms with Crippen LogP contribution in [0, 0.1) is 12.8 Å². The van der Waals surface area contributed by atoms with Crippen molar-refractivity contribution in [2.24, 2.45) is 5.92 Å². The van der Waals surface area contributed by atoms with E-state index in [1.807, 2.05) is 0 Å². The monoisotopic (exact) mass is 310 g/mol. The predicted molar refractivity (Wildman–Crippen MR) is 84.9 cm³/mol. The zero-order valence-electron chi connectivity index (χ0n) is 13.1. The highest BCUT2D eigenvalue weighted by Gasteiger charge is 2.41. The Morgan fingerprint density at radius 2 is 2.24 bits per heavy atom. The van der Waals surface area contributed by atoms with Crippen LogP contribution in [-0.4, -0.2) is 43.5 Å². The van der Waals surface area contributed by atoms with Crippen LogP contribution in [0.2, 0.25) is 0 Å². The molecular formula is C16H26N2O2S. The van der Waals surface area contributed by atoms with Gasteiger partial charge in [-0.25, -0.2) is 4.98 Å². The second-order valence-corrected chi connectivity index (χ2v) is 7.42. The molecule has 1 aromatic heterocycles. The van der Waals surface area contributed by atoms with Gasteiger partial charge in [0.15, 0.2) is 0 Å². The lowest BCUT2D eigenvalue weighted by atomic mass is 9.77. The van der Waals surface area contributed by atoms with E-state index in [-0.39, 0.29) is 5.60 Å². The van der Waals surface area contributed by atoms with Gasteiger partial charge in [-0.05, 0) is 45.6 Å². The molecule has 0 amide bonds. The molecule has 0 radical (unpaired) electrons. The Kier molecular flexibility index (Phi) is 4.94. The third-order valence-electron chi connectivity index (χ3n) is 4.97. The Hall–Kier alpha value is -0.490. The lowest BCUT2D eigenvalue weighted by molar-refractivity contribution is -0.150. The van der Waals surface area contributed by atoms with Crippen molar-refractivity contribution in [2.75, 3.05) is 26.9 Å². The SMILES string of the molecule is CNC(Cc1csc(C)n1)C1CCOC2(CCOCC2)C1. The van der Waals surface area contributed by atoms with Crippen molar-refractivity contribution >= 4 is 11.3 Å². The highest BCUT2D eigenvalue weighted by atomic mass is 32.1. The van der Waals surface area contributed by atoms with E-state index in [9.17, 15) is 0 Å². The second kappa shape index (κ2) is 6.73. The van der Waals surface area contributed by atoms with Crippen LogP contribution in [0.1, 0.15) is 36.4 Å². The molecule has 4 nitrogen and oxygen atoms in total. The van der Waals surface area contributed by atoms with Gasteiger partial charge in [-0.3, -0.25) is 0 Å². The van der Waals surface area contributed by atoms with Crippen molar-refractivity contribution in [3.8, 4) is 0 Å². The van der Waals surface area contributed by atoms with E-state index in [1.54, 1.807) is 11.3 Å². The summed E-state index contributed by atoms with van der Waals surface area (Å²) < 4.78 is 11.7. The number of thiazole rings is 1. The van der Waals surface area contributed by atoms with Gasteiger partial charge < -0.3 is 14.8 Å². The molecular weight excluding hydrogens is 284 g/mol. The highest BCUT2D eigenvalue weighted by Crippen LogP contribution is 2.38. The molecule has 0 saturated carbocycles. The molecule has 2 aliphatic rings. The number of ether oxygens (including phenoxy) is 2. The summed E-state index contributed by atoms with van der Waals surface area (Å²) in [5, 5.41) is 6.89. The van der Waals surface area contributed by atoms with E-state index in [4.69, 9.17) is 9.47 Å². The van der Waals surface area contributed by atoms with Crippen LogP contribution in [-0.2, 0) is 15.9 Å². The summed E-state index contributed by atoms with van der Waals surface area (Å²) in [6.07, 6.45) is 5.44. The number of likely N-dealkylation sites (N-methyl/N-ethyl adjacent to an activating group) is 1. The van der Waals surface area contributed by atoms with Crippen molar-refractivity contribution in [2.45, 2.75) is 50.7 Å². The van der Waals surface area contributed by atoms with Gasteiger partial charge in [0.1, 0.15) is 0 Å². The molecule has 3 heterocycles. The number of aromatic nitrogens is 1. The minimum atomic E-state index is 0.0776. The summed E-state index contributed by atoms with van der Waals surface area (Å²) in [6, 6.07) is 0.495. The van der Waals surface area contributed by atoms with Crippen LogP contribution < -0.4 is 5.32 Å². The first-order chi connectivity index (χ1) is 10.2. The van der Waals surface area contributed by atoms with Gasteiger partial charge in [-0.15, -0.1) is 11.3 Å². The summed E-state index contributed by atoms with van der Waals surface area (Å²) in [5.74, 6) is 0.670. The van der Waals surface area contributed by atoms with Crippen LogP contribution in [0.4, 0.5) is 0 Å². The maximum Gasteiger partial charge on any atom is 0.0897 e. The molecule has 2 fully saturated rings. The van der Waals surface area contributed by atoms with Gasteiger partial charge >= 0.3 is 0 Å². The first-order valence-electron chi connectivity index (χ1n) is 8.01. The number of nitrogens with zero attached hydrogens (tertiary/aromatic N) is 1. The number of hydrogen-bond donors (Lipinski definition) is 1. The van der Waals surface area contributed by atoms with Gasteiger partial charge in [-0.2, -0.15) is 0 Å². The molecule has 118 valence electrons. The zero-order valence-corrected chi connectivity index (χ0v) is 13.9. The van der Waals surface area contributed by atoms with E-state index in [2.05, 4.69) is 29.7 Å². The molecule has 1 spiro atoms. The smallest absolute Gasteiger partial charge is 0.0897 e. The van der Waals surface area contributed by atoms with Crippen molar-refractivity contribution in [1.29, 1.82) is 0 Å². The van der Waals surface area contributed by atoms with Gasteiger partial charge in [0.25, 0.3) is 0 Å². The van der Waals surface area contributed by atoms with Gasteiger partial charge in [0.2, 0.25) is 0 Å². The van der Waals surface area contributed by atoms with Crippen LogP contribution in [0.15, 0.2) is 5.38 Å². The Labute approximate surface area is 131 Å². The summed E-state index contributed by atoms with van der Waals surface area (Å²) >= 11 is 1.74. The Morgan fingerprint density at radius 1 is 1.43 bits per heavy atom. The topological polar surface area (TPSA) is 43.4 Å². The minimum Gasteiger partial charge on any atom is -0.381 e. The van der Waals surface area contributed by atoms with Gasteiger partial charge in [0, 0.05) is 37.7 Å². The minimum absolute atomic E-state index is 0.0776. The molecule has 0 bridgehead atoms. The first kappa shape index (κ1) is 15.4. The third-order valence-corrected chi connectivity index (χ3v) is 5.79. The van der Waals surface area contributed by atoms with Crippen LogP contribution in [0.25, 0.3) is 0 Å². The average molecular weight is 310 g/mol. The summed E-state index contributed by atoms with van der Waals surface area (Å²) in [6.45, 7) is 4.66. The van der Waals surface area contributed by atoms with E-state index in [1.165, 1.54) is 5.69 Å². The molecule has 2 unspecified atom stereocenters. The zero-order chi connectivity index (χ0) is 14.7. The van der Waals surface area contributed by atoms with Crippen molar-refractivity contribution < 1.29 is 9.47 Å². The Balaban J connectivity index is 1.65. The Morgan fingerprint density at radius 3 is 2.90 bits per heavy atom. The average Bonchev–Trinajstić information content (AvgIpc) is 2.91. The van der Waals surface area contributed by atoms with Crippen LogP contribution in [0.3, 0.4) is 0 Å². The number of aryl methyl sites for hydroxylation is 1. The molecule has 3 rings (SSSR count). The molecule has 21 heavy (non-hydrogen) atoms. The normalized spacial score (nSPS) is 26.9. The van der Waals surface area contributed by atoms with Crippen molar-refractivity contribution in [3.05, 3.63) is 16.1 Å². The number of hydrogen-bond acceptors (Lipinski definition) is 5. The van der Waals surface area contributed by atoms with E-state index in [0.717, 1.165) is 56.9 Å². The van der Waals surface area contributed by atoms with Gasteiger partial charge in [0.05, 0.1) is 16.3 Å². The fraction of sp³-hybridized carbons (Fsp3) is 0.812. The number of rotatable bonds is 4. The molecule has 0 aliphatic carbocycles. The Bertz CT molecular complexity index is 451. The van der Waals surface area contributed by atoms with Crippen LogP contribution in [0.5, 0.6) is 0 Å². The molecule has 5 heteroatoms. The van der Waals surface area contributed by atoms with Gasteiger partial charge in [-0.1, -0.05) is 0 Å². The van der Waals surface area contributed by atoms with Crippen molar-refractivity contribution in [1.82, 2.24) is 10.3 Å². The van der Waals surface area contributed by atoms with Crippen LogP contribution >= 0.6 is 11.3 Å². The standard InChI is InChI=1S/C16H26N2O2S/c1-12-18-14(11-21-12)9-15(17-2)13-3-6-20-16(10-13)4-7-19-8-5-16/h11,13,15,17H,3-10H2,1-2H3.